The smallest absolute Gasteiger partial charge is 0.325 e. The molecule has 3 atom stereocenters. The molecular formula is C16H28N4O6. The summed E-state index contributed by atoms with van der Waals surface area (Å²) in [6.45, 7) is 5.89. The van der Waals surface area contributed by atoms with Gasteiger partial charge in [0.1, 0.15) is 18.1 Å². The molecule has 0 aromatic rings. The number of aliphatic carboxylic acids is 1. The summed E-state index contributed by atoms with van der Waals surface area (Å²) in [6, 6.07) is -2.86. The van der Waals surface area contributed by atoms with Crippen LogP contribution in [0.15, 0.2) is 0 Å². The monoisotopic (exact) mass is 372 g/mol. The Morgan fingerprint density at radius 3 is 1.88 bits per heavy atom. The Morgan fingerprint density at radius 2 is 1.38 bits per heavy atom. The highest BCUT2D eigenvalue weighted by Crippen LogP contribution is 2.02. The molecule has 0 fully saturated rings. The zero-order chi connectivity index (χ0) is 20.3. The number of unbranched alkanes of at least 4 members (excludes halogenated alkanes) is 1. The van der Waals surface area contributed by atoms with E-state index in [-0.39, 0.29) is 11.8 Å². The van der Waals surface area contributed by atoms with Crippen molar-refractivity contribution in [2.75, 3.05) is 6.54 Å². The second-order valence-electron chi connectivity index (χ2n) is 6.03. The van der Waals surface area contributed by atoms with Crippen molar-refractivity contribution in [1.29, 1.82) is 0 Å². The maximum Gasteiger partial charge on any atom is 0.325 e. The van der Waals surface area contributed by atoms with E-state index in [1.807, 2.05) is 0 Å². The maximum atomic E-state index is 12.3. The molecule has 0 unspecified atom stereocenters. The van der Waals surface area contributed by atoms with Gasteiger partial charge in [0, 0.05) is 20.4 Å². The Labute approximate surface area is 152 Å². The number of hydrogen-bond acceptors (Lipinski definition) is 5. The third-order valence-electron chi connectivity index (χ3n) is 3.47. The molecule has 0 bridgehead atoms. The highest BCUT2D eigenvalue weighted by atomic mass is 16.4. The normalized spacial score (nSPS) is 13.7. The van der Waals surface area contributed by atoms with Gasteiger partial charge < -0.3 is 26.4 Å². The molecular weight excluding hydrogens is 344 g/mol. The zero-order valence-electron chi connectivity index (χ0n) is 15.5. The first-order valence-electron chi connectivity index (χ1n) is 8.39. The van der Waals surface area contributed by atoms with Crippen LogP contribution in [0.2, 0.25) is 0 Å². The van der Waals surface area contributed by atoms with Crippen LogP contribution in [0.4, 0.5) is 0 Å². The van der Waals surface area contributed by atoms with Crippen LogP contribution in [0.25, 0.3) is 0 Å². The number of carbonyl (C=O) groups excluding carboxylic acids is 4. The van der Waals surface area contributed by atoms with Crippen LogP contribution in [0, 0.1) is 0 Å². The Hall–Kier alpha value is -2.65. The van der Waals surface area contributed by atoms with E-state index >= 15 is 0 Å². The van der Waals surface area contributed by atoms with E-state index in [0.717, 1.165) is 0 Å². The summed E-state index contributed by atoms with van der Waals surface area (Å²) in [4.78, 5) is 57.0. The predicted octanol–water partition coefficient (Wildman–Crippen LogP) is -1.11. The SMILES string of the molecule is CC(=O)NCCCC[C@H](NC(C)=O)C(=O)N[C@H](C)C(=O)N[C@H](C)C(=O)O. The number of nitrogens with one attached hydrogen (secondary N) is 4. The second kappa shape index (κ2) is 11.8. The van der Waals surface area contributed by atoms with Gasteiger partial charge in [-0.05, 0) is 33.1 Å². The molecule has 10 nitrogen and oxygen atoms in total. The van der Waals surface area contributed by atoms with E-state index < -0.39 is 35.9 Å². The fraction of sp³-hybridized carbons (Fsp3) is 0.688. The average molecular weight is 372 g/mol. The molecule has 0 saturated carbocycles. The Bertz CT molecular complexity index is 537. The van der Waals surface area contributed by atoms with Crippen LogP contribution in [0.1, 0.15) is 47.0 Å². The van der Waals surface area contributed by atoms with Gasteiger partial charge in [-0.3, -0.25) is 24.0 Å². The highest BCUT2D eigenvalue weighted by molar-refractivity contribution is 5.92. The van der Waals surface area contributed by atoms with Crippen LogP contribution in [-0.2, 0) is 24.0 Å². The lowest BCUT2D eigenvalue weighted by atomic mass is 10.1. The fourth-order valence-electron chi connectivity index (χ4n) is 2.03. The number of carbonyl (C=O) groups is 5. The number of carboxylic acid groups (broad SMARTS) is 1. The molecule has 0 aliphatic heterocycles. The summed E-state index contributed by atoms with van der Waals surface area (Å²) >= 11 is 0. The second-order valence-corrected chi connectivity index (χ2v) is 6.03. The third-order valence-corrected chi connectivity index (χ3v) is 3.47. The molecule has 148 valence electrons. The van der Waals surface area contributed by atoms with Gasteiger partial charge in [0.15, 0.2) is 0 Å². The largest absolute Gasteiger partial charge is 0.480 e. The average Bonchev–Trinajstić information content (AvgIpc) is 2.52. The third kappa shape index (κ3) is 10.3. The molecule has 0 rings (SSSR count). The zero-order valence-corrected chi connectivity index (χ0v) is 15.5. The van der Waals surface area contributed by atoms with Crippen molar-refractivity contribution in [2.24, 2.45) is 0 Å². The Kier molecular flexibility index (Phi) is 10.6. The highest BCUT2D eigenvalue weighted by Gasteiger charge is 2.24. The van der Waals surface area contributed by atoms with Gasteiger partial charge in [0.25, 0.3) is 0 Å². The molecule has 26 heavy (non-hydrogen) atoms. The minimum Gasteiger partial charge on any atom is -0.480 e. The van der Waals surface area contributed by atoms with Crippen LogP contribution >= 0.6 is 0 Å². The van der Waals surface area contributed by atoms with Crippen LogP contribution in [-0.4, -0.2) is 59.4 Å². The fourth-order valence-corrected chi connectivity index (χ4v) is 2.03. The molecule has 0 radical (unpaired) electrons. The topological polar surface area (TPSA) is 154 Å². The lowest BCUT2D eigenvalue weighted by molar-refractivity contribution is -0.141. The minimum absolute atomic E-state index is 0.142. The molecule has 5 N–H and O–H groups in total. The van der Waals surface area contributed by atoms with Gasteiger partial charge in [0.2, 0.25) is 23.6 Å². The maximum absolute atomic E-state index is 12.3. The van der Waals surface area contributed by atoms with E-state index in [9.17, 15) is 24.0 Å². The molecule has 0 aromatic heterocycles. The van der Waals surface area contributed by atoms with Gasteiger partial charge in [-0.2, -0.15) is 0 Å². The first kappa shape index (κ1) is 23.4. The van der Waals surface area contributed by atoms with Crippen LogP contribution in [0.3, 0.4) is 0 Å². The van der Waals surface area contributed by atoms with E-state index in [2.05, 4.69) is 21.3 Å². The Balaban J connectivity index is 4.56. The molecule has 4 amide bonds. The van der Waals surface area contributed by atoms with E-state index in [1.54, 1.807) is 0 Å². The summed E-state index contributed by atoms with van der Waals surface area (Å²) < 4.78 is 0. The van der Waals surface area contributed by atoms with Gasteiger partial charge in [-0.1, -0.05) is 0 Å². The van der Waals surface area contributed by atoms with Crippen molar-refractivity contribution in [3.63, 3.8) is 0 Å². The molecule has 0 saturated heterocycles. The molecule has 0 aromatic carbocycles. The molecule has 10 heteroatoms. The summed E-state index contributed by atoms with van der Waals surface area (Å²) in [7, 11) is 0. The van der Waals surface area contributed by atoms with Crippen molar-refractivity contribution < 1.29 is 29.1 Å². The van der Waals surface area contributed by atoms with E-state index in [0.29, 0.717) is 25.8 Å². The lowest BCUT2D eigenvalue weighted by Gasteiger charge is -2.21. The van der Waals surface area contributed by atoms with Gasteiger partial charge in [0.05, 0.1) is 0 Å². The van der Waals surface area contributed by atoms with E-state index in [1.165, 1.54) is 27.7 Å². The van der Waals surface area contributed by atoms with Gasteiger partial charge in [-0.25, -0.2) is 0 Å². The summed E-state index contributed by atoms with van der Waals surface area (Å²) in [5.74, 6) is -2.89. The van der Waals surface area contributed by atoms with Crippen molar-refractivity contribution in [1.82, 2.24) is 21.3 Å². The number of hydrogen-bond donors (Lipinski definition) is 5. The summed E-state index contributed by atoms with van der Waals surface area (Å²) in [6.07, 6.45) is 1.55. The molecule has 0 aliphatic rings. The Morgan fingerprint density at radius 1 is 0.808 bits per heavy atom. The molecule has 0 spiro atoms. The quantitative estimate of drug-likeness (QED) is 0.290. The first-order valence-corrected chi connectivity index (χ1v) is 8.39. The van der Waals surface area contributed by atoms with Crippen molar-refractivity contribution >= 4 is 29.6 Å². The summed E-state index contributed by atoms with van der Waals surface area (Å²) in [5, 5.41) is 18.6. The summed E-state index contributed by atoms with van der Waals surface area (Å²) in [5.41, 5.74) is 0. The van der Waals surface area contributed by atoms with Crippen LogP contribution < -0.4 is 21.3 Å². The first-order chi connectivity index (χ1) is 12.0. The number of amides is 4. The standard InChI is InChI=1S/C16H28N4O6/c1-9(14(23)19-10(2)16(25)26)18-15(24)13(20-12(4)22)7-5-6-8-17-11(3)21/h9-10,13H,5-8H2,1-4H3,(H,17,21)(H,18,24)(H,19,23)(H,20,22)(H,25,26)/t9-,10-,13+/m1/s1. The van der Waals surface area contributed by atoms with Crippen LogP contribution in [0.5, 0.6) is 0 Å². The van der Waals surface area contributed by atoms with E-state index in [4.69, 9.17) is 5.11 Å². The number of carboxylic acids is 1. The molecule has 0 aliphatic carbocycles. The van der Waals surface area contributed by atoms with Crippen molar-refractivity contribution in [3.8, 4) is 0 Å². The predicted molar refractivity (Wildman–Crippen MR) is 93.0 cm³/mol. The lowest BCUT2D eigenvalue weighted by Crippen LogP contribution is -2.54. The van der Waals surface area contributed by atoms with Gasteiger partial charge >= 0.3 is 5.97 Å². The van der Waals surface area contributed by atoms with Gasteiger partial charge in [-0.15, -0.1) is 0 Å². The van der Waals surface area contributed by atoms with Crippen molar-refractivity contribution in [2.45, 2.75) is 65.1 Å². The molecule has 0 heterocycles. The van der Waals surface area contributed by atoms with Crippen molar-refractivity contribution in [3.05, 3.63) is 0 Å². The minimum atomic E-state index is -1.19. The number of rotatable bonds is 11.